The number of fused-ring (bicyclic) bond motifs is 1. The van der Waals surface area contributed by atoms with E-state index in [0.717, 1.165) is 6.42 Å². The number of ether oxygens (including phenoxy) is 3. The quantitative estimate of drug-likeness (QED) is 0.822. The molecular formula is C14H19NO5S. The van der Waals surface area contributed by atoms with Crippen molar-refractivity contribution in [2.24, 2.45) is 0 Å². The van der Waals surface area contributed by atoms with Gasteiger partial charge in [0.1, 0.15) is 0 Å². The van der Waals surface area contributed by atoms with Gasteiger partial charge < -0.3 is 14.2 Å². The SMILES string of the molecule is C[C@@H]1COCCN1S(=O)(=O)c1ccc2c(c1)OCCCO2. The van der Waals surface area contributed by atoms with Gasteiger partial charge in [-0.25, -0.2) is 8.42 Å². The summed E-state index contributed by atoms with van der Waals surface area (Å²) in [5.41, 5.74) is 0. The summed E-state index contributed by atoms with van der Waals surface area (Å²) in [6.45, 7) is 4.18. The first-order chi connectivity index (χ1) is 10.1. The Morgan fingerprint density at radius 1 is 1.14 bits per heavy atom. The summed E-state index contributed by atoms with van der Waals surface area (Å²) >= 11 is 0. The average molecular weight is 313 g/mol. The van der Waals surface area contributed by atoms with E-state index < -0.39 is 10.0 Å². The molecule has 0 aliphatic carbocycles. The maximum Gasteiger partial charge on any atom is 0.243 e. The van der Waals surface area contributed by atoms with Crippen molar-refractivity contribution in [3.63, 3.8) is 0 Å². The molecule has 2 aliphatic rings. The first-order valence-corrected chi connectivity index (χ1v) is 8.52. The van der Waals surface area contributed by atoms with E-state index in [-0.39, 0.29) is 10.9 Å². The Kier molecular flexibility index (Phi) is 4.05. The van der Waals surface area contributed by atoms with Gasteiger partial charge in [-0.2, -0.15) is 4.31 Å². The smallest absolute Gasteiger partial charge is 0.243 e. The molecule has 21 heavy (non-hydrogen) atoms. The van der Waals surface area contributed by atoms with Crippen LogP contribution < -0.4 is 9.47 Å². The third-order valence-corrected chi connectivity index (χ3v) is 5.64. The van der Waals surface area contributed by atoms with Gasteiger partial charge in [0.2, 0.25) is 10.0 Å². The van der Waals surface area contributed by atoms with E-state index in [1.165, 1.54) is 4.31 Å². The lowest BCUT2D eigenvalue weighted by Crippen LogP contribution is -2.46. The van der Waals surface area contributed by atoms with Crippen LogP contribution in [-0.2, 0) is 14.8 Å². The fourth-order valence-corrected chi connectivity index (χ4v) is 4.12. The van der Waals surface area contributed by atoms with Gasteiger partial charge in [0.05, 0.1) is 31.3 Å². The number of sulfonamides is 1. The molecule has 3 rings (SSSR count). The largest absolute Gasteiger partial charge is 0.490 e. The second-order valence-electron chi connectivity index (χ2n) is 5.20. The van der Waals surface area contributed by atoms with Gasteiger partial charge in [-0.15, -0.1) is 0 Å². The Hall–Kier alpha value is -1.31. The van der Waals surface area contributed by atoms with Crippen molar-refractivity contribution in [1.29, 1.82) is 0 Å². The van der Waals surface area contributed by atoms with E-state index in [9.17, 15) is 8.42 Å². The van der Waals surface area contributed by atoms with Crippen molar-refractivity contribution in [1.82, 2.24) is 4.31 Å². The maximum absolute atomic E-state index is 12.7. The number of hydrogen-bond acceptors (Lipinski definition) is 5. The van der Waals surface area contributed by atoms with Gasteiger partial charge in [0, 0.05) is 25.1 Å². The minimum Gasteiger partial charge on any atom is -0.490 e. The third-order valence-electron chi connectivity index (χ3n) is 3.63. The molecule has 1 saturated heterocycles. The van der Waals surface area contributed by atoms with Crippen molar-refractivity contribution in [2.75, 3.05) is 33.0 Å². The van der Waals surface area contributed by atoms with Crippen LogP contribution in [0, 0.1) is 0 Å². The first-order valence-electron chi connectivity index (χ1n) is 7.08. The Balaban J connectivity index is 1.93. The van der Waals surface area contributed by atoms with Crippen molar-refractivity contribution < 1.29 is 22.6 Å². The van der Waals surface area contributed by atoms with E-state index in [2.05, 4.69) is 0 Å². The summed E-state index contributed by atoms with van der Waals surface area (Å²) in [7, 11) is -3.54. The standard InChI is InChI=1S/C14H19NO5S/c1-11-10-18-8-5-15(11)21(16,17)12-3-4-13-14(9-12)20-7-2-6-19-13/h3-4,9,11H,2,5-8,10H2,1H3/t11-/m1/s1. The van der Waals surface area contributed by atoms with Crippen LogP contribution in [0.3, 0.4) is 0 Å². The zero-order chi connectivity index (χ0) is 14.9. The molecule has 0 spiro atoms. The van der Waals surface area contributed by atoms with Gasteiger partial charge in [-0.3, -0.25) is 0 Å². The molecule has 1 atom stereocenters. The normalized spacial score (nSPS) is 23.6. The molecular weight excluding hydrogens is 294 g/mol. The van der Waals surface area contributed by atoms with Gasteiger partial charge in [0.15, 0.2) is 11.5 Å². The first kappa shape index (κ1) is 14.6. The Bertz CT molecular complexity index is 616. The minimum atomic E-state index is -3.54. The lowest BCUT2D eigenvalue weighted by Gasteiger charge is -2.32. The summed E-state index contributed by atoms with van der Waals surface area (Å²) in [4.78, 5) is 0.237. The Labute approximate surface area is 124 Å². The minimum absolute atomic E-state index is 0.167. The second kappa shape index (κ2) is 5.82. The highest BCUT2D eigenvalue weighted by Gasteiger charge is 2.32. The van der Waals surface area contributed by atoms with E-state index in [1.54, 1.807) is 18.2 Å². The van der Waals surface area contributed by atoms with E-state index in [0.29, 0.717) is 44.5 Å². The van der Waals surface area contributed by atoms with Crippen LogP contribution >= 0.6 is 0 Å². The van der Waals surface area contributed by atoms with Crippen LogP contribution in [0.2, 0.25) is 0 Å². The molecule has 2 heterocycles. The molecule has 2 aliphatic heterocycles. The van der Waals surface area contributed by atoms with Gasteiger partial charge in [-0.05, 0) is 19.1 Å². The summed E-state index contributed by atoms with van der Waals surface area (Å²) in [6, 6.07) is 4.63. The molecule has 116 valence electrons. The van der Waals surface area contributed by atoms with E-state index in [4.69, 9.17) is 14.2 Å². The highest BCUT2D eigenvalue weighted by molar-refractivity contribution is 7.89. The Morgan fingerprint density at radius 3 is 2.67 bits per heavy atom. The van der Waals surface area contributed by atoms with Gasteiger partial charge >= 0.3 is 0 Å². The van der Waals surface area contributed by atoms with Crippen molar-refractivity contribution >= 4 is 10.0 Å². The van der Waals surface area contributed by atoms with Crippen LogP contribution in [0.4, 0.5) is 0 Å². The van der Waals surface area contributed by atoms with E-state index >= 15 is 0 Å². The summed E-state index contributed by atoms with van der Waals surface area (Å²) in [6.07, 6.45) is 0.789. The van der Waals surface area contributed by atoms with Gasteiger partial charge in [-0.1, -0.05) is 0 Å². The Morgan fingerprint density at radius 2 is 1.90 bits per heavy atom. The third kappa shape index (κ3) is 2.86. The number of benzene rings is 1. The van der Waals surface area contributed by atoms with Crippen molar-refractivity contribution in [3.05, 3.63) is 18.2 Å². The van der Waals surface area contributed by atoms with Crippen LogP contribution in [0.15, 0.2) is 23.1 Å². The van der Waals surface area contributed by atoms with Crippen LogP contribution in [0.1, 0.15) is 13.3 Å². The van der Waals surface area contributed by atoms with Crippen LogP contribution in [0.25, 0.3) is 0 Å². The second-order valence-corrected chi connectivity index (χ2v) is 7.09. The number of morpholine rings is 1. The average Bonchev–Trinajstić information content (AvgIpc) is 2.72. The van der Waals surface area contributed by atoms with Crippen LogP contribution in [-0.4, -0.2) is 51.7 Å². The zero-order valence-corrected chi connectivity index (χ0v) is 12.8. The number of hydrogen-bond donors (Lipinski definition) is 0. The lowest BCUT2D eigenvalue weighted by molar-refractivity contribution is 0.0392. The molecule has 0 amide bonds. The van der Waals surface area contributed by atoms with Crippen molar-refractivity contribution in [2.45, 2.75) is 24.3 Å². The molecule has 1 aromatic rings. The predicted molar refractivity (Wildman–Crippen MR) is 76.2 cm³/mol. The summed E-state index contributed by atoms with van der Waals surface area (Å²) in [5.74, 6) is 1.09. The molecule has 0 N–H and O–H groups in total. The fourth-order valence-electron chi connectivity index (χ4n) is 2.51. The monoisotopic (exact) mass is 313 g/mol. The predicted octanol–water partition coefficient (Wildman–Crippen LogP) is 1.26. The zero-order valence-electron chi connectivity index (χ0n) is 11.9. The molecule has 0 aromatic heterocycles. The molecule has 1 fully saturated rings. The molecule has 0 bridgehead atoms. The van der Waals surface area contributed by atoms with E-state index in [1.807, 2.05) is 6.92 Å². The summed E-state index contributed by atoms with van der Waals surface area (Å²) in [5, 5.41) is 0. The highest BCUT2D eigenvalue weighted by Crippen LogP contribution is 2.33. The van der Waals surface area contributed by atoms with Crippen molar-refractivity contribution in [3.8, 4) is 11.5 Å². The summed E-state index contributed by atoms with van der Waals surface area (Å²) < 4.78 is 43.4. The molecule has 7 heteroatoms. The van der Waals surface area contributed by atoms with Gasteiger partial charge in [0.25, 0.3) is 0 Å². The molecule has 0 unspecified atom stereocenters. The molecule has 6 nitrogen and oxygen atoms in total. The maximum atomic E-state index is 12.7. The topological polar surface area (TPSA) is 65.1 Å². The number of rotatable bonds is 2. The lowest BCUT2D eigenvalue weighted by atomic mass is 10.3. The number of nitrogens with zero attached hydrogens (tertiary/aromatic N) is 1. The molecule has 1 aromatic carbocycles. The highest BCUT2D eigenvalue weighted by atomic mass is 32.2. The molecule has 0 radical (unpaired) electrons. The van der Waals surface area contributed by atoms with Crippen LogP contribution in [0.5, 0.6) is 11.5 Å². The fraction of sp³-hybridized carbons (Fsp3) is 0.571. The molecule has 0 saturated carbocycles.